The van der Waals surface area contributed by atoms with E-state index < -0.39 is 10.0 Å². The zero-order valence-corrected chi connectivity index (χ0v) is 13.4. The van der Waals surface area contributed by atoms with Gasteiger partial charge >= 0.3 is 0 Å². The highest BCUT2D eigenvalue weighted by molar-refractivity contribution is 7.90. The van der Waals surface area contributed by atoms with E-state index in [0.29, 0.717) is 31.1 Å². The van der Waals surface area contributed by atoms with Gasteiger partial charge in [-0.3, -0.25) is 0 Å². The van der Waals surface area contributed by atoms with Crippen LogP contribution in [0.25, 0.3) is 0 Å². The molecule has 21 heavy (non-hydrogen) atoms. The van der Waals surface area contributed by atoms with Crippen LogP contribution in [0.15, 0.2) is 24.3 Å². The Balaban J connectivity index is 1.72. The minimum atomic E-state index is -3.25. The summed E-state index contributed by atoms with van der Waals surface area (Å²) in [5.74, 6) is -0.00354. The third kappa shape index (κ3) is 3.97. The number of nitrogens with one attached hydrogen (secondary N) is 1. The molecule has 1 aromatic carbocycles. The molecule has 1 saturated heterocycles. The van der Waals surface area contributed by atoms with Crippen molar-refractivity contribution in [3.05, 3.63) is 34.9 Å². The predicted molar refractivity (Wildman–Crippen MR) is 82.9 cm³/mol. The lowest BCUT2D eigenvalue weighted by atomic mass is 9.94. The van der Waals surface area contributed by atoms with E-state index in [1.165, 1.54) is 0 Å². The summed E-state index contributed by atoms with van der Waals surface area (Å²) in [6, 6.07) is 7.75. The van der Waals surface area contributed by atoms with E-state index in [4.69, 9.17) is 16.3 Å². The number of benzene rings is 1. The predicted octanol–water partition coefficient (Wildman–Crippen LogP) is 2.37. The molecule has 0 radical (unpaired) electrons. The molecule has 1 heterocycles. The Morgan fingerprint density at radius 3 is 2.57 bits per heavy atom. The molecule has 2 aliphatic rings. The highest BCUT2D eigenvalue weighted by atomic mass is 35.5. The van der Waals surface area contributed by atoms with E-state index in [1.54, 1.807) is 0 Å². The van der Waals surface area contributed by atoms with Crippen LogP contribution in [0.3, 0.4) is 0 Å². The van der Waals surface area contributed by atoms with Crippen LogP contribution in [0.1, 0.15) is 24.8 Å². The van der Waals surface area contributed by atoms with Crippen LogP contribution < -0.4 is 4.72 Å². The fourth-order valence-corrected chi connectivity index (χ4v) is 4.91. The summed E-state index contributed by atoms with van der Waals surface area (Å²) >= 11 is 5.89. The van der Waals surface area contributed by atoms with Crippen LogP contribution in [0.2, 0.25) is 5.02 Å². The second-order valence-corrected chi connectivity index (χ2v) is 8.30. The van der Waals surface area contributed by atoms with Crippen molar-refractivity contribution in [1.29, 1.82) is 0 Å². The van der Waals surface area contributed by atoms with Gasteiger partial charge in [-0.05, 0) is 43.4 Å². The van der Waals surface area contributed by atoms with E-state index in [1.807, 2.05) is 24.3 Å². The standard InChI is InChI=1S/C15H20ClNO3S/c16-13-3-1-11(2-4-13)9-12-10-20-8-7-15(12)21(18,19)17-14-5-6-14/h1-4,12,14-15,17H,5-10H2/t12-,15+/m0/s1. The Morgan fingerprint density at radius 2 is 1.90 bits per heavy atom. The molecule has 1 N–H and O–H groups in total. The van der Waals surface area contributed by atoms with Gasteiger partial charge in [-0.25, -0.2) is 13.1 Å². The van der Waals surface area contributed by atoms with Gasteiger partial charge in [0.25, 0.3) is 0 Å². The lowest BCUT2D eigenvalue weighted by Gasteiger charge is -2.31. The summed E-state index contributed by atoms with van der Waals surface area (Å²) in [7, 11) is -3.25. The third-order valence-corrected chi connectivity index (χ3v) is 6.45. The quantitative estimate of drug-likeness (QED) is 0.902. The Labute approximate surface area is 130 Å². The van der Waals surface area contributed by atoms with Crippen molar-refractivity contribution in [2.45, 2.75) is 37.0 Å². The fourth-order valence-electron chi connectivity index (χ4n) is 2.82. The van der Waals surface area contributed by atoms with Crippen LogP contribution in [0.4, 0.5) is 0 Å². The Kier molecular flexibility index (Phi) is 4.54. The van der Waals surface area contributed by atoms with Crippen LogP contribution in [0, 0.1) is 5.92 Å². The maximum absolute atomic E-state index is 12.5. The number of hydrogen-bond donors (Lipinski definition) is 1. The number of ether oxygens (including phenoxy) is 1. The average molecular weight is 330 g/mol. The molecule has 0 unspecified atom stereocenters. The minimum Gasteiger partial charge on any atom is -0.381 e. The molecular weight excluding hydrogens is 310 g/mol. The first-order chi connectivity index (χ1) is 10.0. The Bertz CT molecular complexity index is 583. The van der Waals surface area contributed by atoms with Crippen LogP contribution >= 0.6 is 11.6 Å². The molecule has 1 saturated carbocycles. The second-order valence-electron chi connectivity index (χ2n) is 5.93. The van der Waals surface area contributed by atoms with Gasteiger partial charge in [-0.2, -0.15) is 0 Å². The lowest BCUT2D eigenvalue weighted by molar-refractivity contribution is 0.0570. The van der Waals surface area contributed by atoms with Crippen molar-refractivity contribution in [2.75, 3.05) is 13.2 Å². The van der Waals surface area contributed by atoms with Crippen molar-refractivity contribution in [3.63, 3.8) is 0 Å². The summed E-state index contributed by atoms with van der Waals surface area (Å²) in [5, 5.41) is 0.334. The summed E-state index contributed by atoms with van der Waals surface area (Å²) in [6.45, 7) is 1.02. The molecule has 0 amide bonds. The second kappa shape index (κ2) is 6.24. The molecule has 3 rings (SSSR count). The van der Waals surface area contributed by atoms with Gasteiger partial charge in [0.2, 0.25) is 10.0 Å². The van der Waals surface area contributed by atoms with E-state index in [2.05, 4.69) is 4.72 Å². The topological polar surface area (TPSA) is 55.4 Å². The van der Waals surface area contributed by atoms with E-state index >= 15 is 0 Å². The minimum absolute atomic E-state index is 0.00354. The van der Waals surface area contributed by atoms with Gasteiger partial charge in [0.1, 0.15) is 0 Å². The molecular formula is C15H20ClNO3S. The first-order valence-electron chi connectivity index (χ1n) is 7.38. The first kappa shape index (κ1) is 15.3. The maximum atomic E-state index is 12.5. The third-order valence-electron chi connectivity index (χ3n) is 4.12. The van der Waals surface area contributed by atoms with Gasteiger partial charge in [-0.1, -0.05) is 23.7 Å². The molecule has 0 aromatic heterocycles. The SMILES string of the molecule is O=S(=O)(NC1CC1)[C@@H]1CCOC[C@@H]1Cc1ccc(Cl)cc1. The number of hydrogen-bond acceptors (Lipinski definition) is 3. The number of halogens is 1. The van der Waals surface area contributed by atoms with E-state index in [0.717, 1.165) is 18.4 Å². The molecule has 1 aliphatic carbocycles. The molecule has 0 spiro atoms. The maximum Gasteiger partial charge on any atom is 0.215 e. The van der Waals surface area contributed by atoms with Crippen molar-refractivity contribution in [3.8, 4) is 0 Å². The highest BCUT2D eigenvalue weighted by Gasteiger charge is 2.39. The van der Waals surface area contributed by atoms with Gasteiger partial charge in [0.05, 0.1) is 11.9 Å². The van der Waals surface area contributed by atoms with Crippen LogP contribution in [-0.4, -0.2) is 32.9 Å². The van der Waals surface area contributed by atoms with Crippen molar-refractivity contribution >= 4 is 21.6 Å². The molecule has 1 aliphatic heterocycles. The van der Waals surface area contributed by atoms with Gasteiger partial charge in [-0.15, -0.1) is 0 Å². The lowest BCUT2D eigenvalue weighted by Crippen LogP contribution is -2.45. The fraction of sp³-hybridized carbons (Fsp3) is 0.600. The molecule has 2 atom stereocenters. The van der Waals surface area contributed by atoms with E-state index in [-0.39, 0.29) is 17.2 Å². The summed E-state index contributed by atoms with van der Waals surface area (Å²) in [4.78, 5) is 0. The molecule has 4 nitrogen and oxygen atoms in total. The van der Waals surface area contributed by atoms with Crippen LogP contribution in [-0.2, 0) is 21.2 Å². The zero-order chi connectivity index (χ0) is 14.9. The van der Waals surface area contributed by atoms with E-state index in [9.17, 15) is 8.42 Å². The average Bonchev–Trinajstić information content (AvgIpc) is 3.25. The normalized spacial score (nSPS) is 26.7. The van der Waals surface area contributed by atoms with Crippen LogP contribution in [0.5, 0.6) is 0 Å². The van der Waals surface area contributed by atoms with Gasteiger partial charge in [0, 0.05) is 23.6 Å². The Morgan fingerprint density at radius 1 is 1.19 bits per heavy atom. The largest absolute Gasteiger partial charge is 0.381 e. The van der Waals surface area contributed by atoms with Crippen molar-refractivity contribution in [2.24, 2.45) is 5.92 Å². The molecule has 0 bridgehead atoms. The summed E-state index contributed by atoms with van der Waals surface area (Å²) in [5.41, 5.74) is 1.10. The van der Waals surface area contributed by atoms with Gasteiger partial charge < -0.3 is 4.74 Å². The summed E-state index contributed by atoms with van der Waals surface area (Å²) in [6.07, 6.45) is 3.20. The van der Waals surface area contributed by atoms with Gasteiger partial charge in [0.15, 0.2) is 0 Å². The number of sulfonamides is 1. The molecule has 2 fully saturated rings. The van der Waals surface area contributed by atoms with Crippen molar-refractivity contribution < 1.29 is 13.2 Å². The highest BCUT2D eigenvalue weighted by Crippen LogP contribution is 2.28. The molecule has 1 aromatic rings. The number of rotatable bonds is 5. The molecule has 116 valence electrons. The smallest absolute Gasteiger partial charge is 0.215 e. The monoisotopic (exact) mass is 329 g/mol. The summed E-state index contributed by atoms with van der Waals surface area (Å²) < 4.78 is 33.3. The Hall–Kier alpha value is -0.620. The zero-order valence-electron chi connectivity index (χ0n) is 11.8. The molecule has 6 heteroatoms. The van der Waals surface area contributed by atoms with Crippen molar-refractivity contribution in [1.82, 2.24) is 4.72 Å². The first-order valence-corrected chi connectivity index (χ1v) is 9.30.